The second-order valence-electron chi connectivity index (χ2n) is 6.40. The van der Waals surface area contributed by atoms with Crippen molar-refractivity contribution in [2.75, 3.05) is 26.2 Å². The first-order valence-corrected chi connectivity index (χ1v) is 5.87. The SMILES string of the molecule is CC(C)N1C[C@]2(C)CNC[C@](C)(C1)C2. The summed E-state index contributed by atoms with van der Waals surface area (Å²) in [5, 5.41) is 3.60. The fourth-order valence-electron chi connectivity index (χ4n) is 3.45. The third-order valence-corrected chi connectivity index (χ3v) is 3.86. The summed E-state index contributed by atoms with van der Waals surface area (Å²) in [6.07, 6.45) is 1.40. The maximum absolute atomic E-state index is 3.60. The molecule has 0 aromatic rings. The summed E-state index contributed by atoms with van der Waals surface area (Å²) in [7, 11) is 0. The van der Waals surface area contributed by atoms with Crippen LogP contribution in [0.1, 0.15) is 34.1 Å². The number of nitrogens with zero attached hydrogens (tertiary/aromatic N) is 1. The van der Waals surface area contributed by atoms with E-state index in [1.165, 1.54) is 32.6 Å². The molecule has 0 radical (unpaired) electrons. The summed E-state index contributed by atoms with van der Waals surface area (Å²) >= 11 is 0. The molecule has 0 saturated carbocycles. The van der Waals surface area contributed by atoms with Crippen LogP contribution in [0, 0.1) is 10.8 Å². The highest BCUT2D eigenvalue weighted by Crippen LogP contribution is 2.42. The van der Waals surface area contributed by atoms with Crippen LogP contribution in [0.3, 0.4) is 0 Å². The fourth-order valence-corrected chi connectivity index (χ4v) is 3.45. The van der Waals surface area contributed by atoms with Gasteiger partial charge in [0.05, 0.1) is 0 Å². The molecule has 0 aromatic carbocycles. The predicted octanol–water partition coefficient (Wildman–Crippen LogP) is 1.72. The van der Waals surface area contributed by atoms with E-state index in [-0.39, 0.29) is 0 Å². The highest BCUT2D eigenvalue weighted by Gasteiger charge is 2.45. The van der Waals surface area contributed by atoms with Crippen LogP contribution in [0.2, 0.25) is 0 Å². The Morgan fingerprint density at radius 2 is 1.57 bits per heavy atom. The third-order valence-electron chi connectivity index (χ3n) is 3.86. The first-order chi connectivity index (χ1) is 6.43. The maximum atomic E-state index is 3.60. The Kier molecular flexibility index (Phi) is 2.39. The van der Waals surface area contributed by atoms with Crippen molar-refractivity contribution in [2.24, 2.45) is 10.8 Å². The molecule has 2 fully saturated rings. The molecule has 2 aliphatic rings. The molecule has 14 heavy (non-hydrogen) atoms. The quantitative estimate of drug-likeness (QED) is 0.687. The normalized spacial score (nSPS) is 44.4. The standard InChI is InChI=1S/C12H24N2/c1-10(2)14-8-11(3)5-12(4,9-14)7-13-6-11/h10,13H,5-9H2,1-4H3/t11-,12+. The Morgan fingerprint density at radius 1 is 1.07 bits per heavy atom. The molecule has 2 saturated heterocycles. The van der Waals surface area contributed by atoms with Crippen LogP contribution in [0.5, 0.6) is 0 Å². The smallest absolute Gasteiger partial charge is 0.00507 e. The Balaban J connectivity index is 2.16. The Hall–Kier alpha value is -0.0800. The van der Waals surface area contributed by atoms with Crippen LogP contribution in [0.25, 0.3) is 0 Å². The van der Waals surface area contributed by atoms with Gasteiger partial charge in [-0.15, -0.1) is 0 Å². The van der Waals surface area contributed by atoms with Gasteiger partial charge in [0.2, 0.25) is 0 Å². The molecule has 82 valence electrons. The minimum atomic E-state index is 0.509. The second-order valence-corrected chi connectivity index (χ2v) is 6.40. The molecule has 2 bridgehead atoms. The summed E-state index contributed by atoms with van der Waals surface area (Å²) in [6.45, 7) is 14.5. The van der Waals surface area contributed by atoms with Gasteiger partial charge in [0, 0.05) is 32.2 Å². The number of hydrogen-bond donors (Lipinski definition) is 1. The van der Waals surface area contributed by atoms with Crippen molar-refractivity contribution in [3.05, 3.63) is 0 Å². The van der Waals surface area contributed by atoms with E-state index in [4.69, 9.17) is 0 Å². The predicted molar refractivity (Wildman–Crippen MR) is 60.4 cm³/mol. The molecule has 0 spiro atoms. The number of rotatable bonds is 1. The topological polar surface area (TPSA) is 15.3 Å². The first kappa shape index (κ1) is 10.4. The minimum Gasteiger partial charge on any atom is -0.316 e. The Labute approximate surface area is 88.1 Å². The van der Waals surface area contributed by atoms with E-state index in [0.717, 1.165) is 0 Å². The largest absolute Gasteiger partial charge is 0.316 e. The molecule has 1 N–H and O–H groups in total. The van der Waals surface area contributed by atoms with Gasteiger partial charge >= 0.3 is 0 Å². The van der Waals surface area contributed by atoms with Gasteiger partial charge in [0.1, 0.15) is 0 Å². The van der Waals surface area contributed by atoms with Gasteiger partial charge in [-0.2, -0.15) is 0 Å². The molecule has 2 rings (SSSR count). The first-order valence-electron chi connectivity index (χ1n) is 5.87. The molecule has 2 heterocycles. The minimum absolute atomic E-state index is 0.509. The molecular formula is C12H24N2. The number of hydrogen-bond acceptors (Lipinski definition) is 2. The van der Waals surface area contributed by atoms with E-state index < -0.39 is 0 Å². The second kappa shape index (κ2) is 3.21. The van der Waals surface area contributed by atoms with E-state index in [2.05, 4.69) is 37.9 Å². The van der Waals surface area contributed by atoms with Crippen molar-refractivity contribution in [3.63, 3.8) is 0 Å². The van der Waals surface area contributed by atoms with Gasteiger partial charge < -0.3 is 5.32 Å². The average Bonchev–Trinajstić information content (AvgIpc) is 1.99. The zero-order valence-electron chi connectivity index (χ0n) is 10.1. The zero-order valence-corrected chi connectivity index (χ0v) is 10.1. The number of fused-ring (bicyclic) bond motifs is 2. The average molecular weight is 196 g/mol. The van der Waals surface area contributed by atoms with Gasteiger partial charge in [0.25, 0.3) is 0 Å². The molecular weight excluding hydrogens is 172 g/mol. The van der Waals surface area contributed by atoms with Crippen molar-refractivity contribution in [1.82, 2.24) is 10.2 Å². The molecule has 2 atom stereocenters. The van der Waals surface area contributed by atoms with Crippen molar-refractivity contribution in [2.45, 2.75) is 40.2 Å². The van der Waals surface area contributed by atoms with Gasteiger partial charge in [-0.05, 0) is 31.1 Å². The van der Waals surface area contributed by atoms with E-state index in [1.807, 2.05) is 0 Å². The van der Waals surface area contributed by atoms with Crippen LogP contribution in [-0.2, 0) is 0 Å². The van der Waals surface area contributed by atoms with Gasteiger partial charge in [0.15, 0.2) is 0 Å². The number of piperidine rings is 2. The molecule has 2 nitrogen and oxygen atoms in total. The molecule has 0 aliphatic carbocycles. The van der Waals surface area contributed by atoms with Crippen LogP contribution in [-0.4, -0.2) is 37.1 Å². The summed E-state index contributed by atoms with van der Waals surface area (Å²) in [5.41, 5.74) is 1.02. The lowest BCUT2D eigenvalue weighted by Gasteiger charge is -2.55. The number of likely N-dealkylation sites (tertiary alicyclic amines) is 1. The van der Waals surface area contributed by atoms with E-state index in [0.29, 0.717) is 16.9 Å². The monoisotopic (exact) mass is 196 g/mol. The molecule has 0 unspecified atom stereocenters. The zero-order chi connectivity index (χ0) is 10.4. The molecule has 2 heteroatoms. The van der Waals surface area contributed by atoms with Gasteiger partial charge in [-0.25, -0.2) is 0 Å². The van der Waals surface area contributed by atoms with E-state index in [9.17, 15) is 0 Å². The fraction of sp³-hybridized carbons (Fsp3) is 1.00. The van der Waals surface area contributed by atoms with Crippen molar-refractivity contribution in [3.8, 4) is 0 Å². The summed E-state index contributed by atoms with van der Waals surface area (Å²) < 4.78 is 0. The highest BCUT2D eigenvalue weighted by molar-refractivity contribution is 5.00. The van der Waals surface area contributed by atoms with Gasteiger partial charge in [-0.1, -0.05) is 13.8 Å². The molecule has 0 aromatic heterocycles. The summed E-state index contributed by atoms with van der Waals surface area (Å²) in [6, 6.07) is 0.701. The summed E-state index contributed by atoms with van der Waals surface area (Å²) in [4.78, 5) is 2.66. The highest BCUT2D eigenvalue weighted by atomic mass is 15.2. The lowest BCUT2D eigenvalue weighted by atomic mass is 9.66. The van der Waals surface area contributed by atoms with Crippen LogP contribution in [0.4, 0.5) is 0 Å². The summed E-state index contributed by atoms with van der Waals surface area (Å²) in [5.74, 6) is 0. The van der Waals surface area contributed by atoms with Crippen LogP contribution >= 0.6 is 0 Å². The van der Waals surface area contributed by atoms with Crippen molar-refractivity contribution in [1.29, 1.82) is 0 Å². The number of nitrogens with one attached hydrogen (secondary N) is 1. The van der Waals surface area contributed by atoms with Crippen LogP contribution in [0.15, 0.2) is 0 Å². The van der Waals surface area contributed by atoms with Crippen molar-refractivity contribution >= 4 is 0 Å². The Morgan fingerprint density at radius 3 is 2.00 bits per heavy atom. The molecule has 2 aliphatic heterocycles. The molecule has 0 amide bonds. The maximum Gasteiger partial charge on any atom is 0.00507 e. The van der Waals surface area contributed by atoms with E-state index in [1.54, 1.807) is 0 Å². The Bertz CT molecular complexity index is 208. The van der Waals surface area contributed by atoms with Gasteiger partial charge in [-0.3, -0.25) is 4.90 Å². The van der Waals surface area contributed by atoms with E-state index >= 15 is 0 Å². The van der Waals surface area contributed by atoms with Crippen molar-refractivity contribution < 1.29 is 0 Å². The van der Waals surface area contributed by atoms with Crippen LogP contribution < -0.4 is 5.32 Å². The lowest BCUT2D eigenvalue weighted by molar-refractivity contribution is -0.0332. The lowest BCUT2D eigenvalue weighted by Crippen LogP contribution is -2.62. The third kappa shape index (κ3) is 1.82.